The van der Waals surface area contributed by atoms with E-state index in [2.05, 4.69) is 25.9 Å². The Balaban J connectivity index is 1.40. The second kappa shape index (κ2) is 12.2. The molecule has 2 heterocycles. The predicted molar refractivity (Wildman–Crippen MR) is 158 cm³/mol. The SMILES string of the molecule is NC(N)=NCCNC(=O)c1ccc2sc(C(=O)Nc3ccc4sc(C(=O)NCCN=C(N)N)cc4c3)cc2c1. The van der Waals surface area contributed by atoms with E-state index in [1.807, 2.05) is 18.2 Å². The van der Waals surface area contributed by atoms with Crippen molar-refractivity contribution >= 4 is 78.2 Å². The van der Waals surface area contributed by atoms with Gasteiger partial charge in [0.1, 0.15) is 0 Å². The lowest BCUT2D eigenvalue weighted by Crippen LogP contribution is -2.28. The van der Waals surface area contributed by atoms with Crippen molar-refractivity contribution in [2.45, 2.75) is 0 Å². The van der Waals surface area contributed by atoms with Gasteiger partial charge in [-0.25, -0.2) is 0 Å². The van der Waals surface area contributed by atoms with E-state index in [4.69, 9.17) is 22.9 Å². The maximum atomic E-state index is 13.0. The fraction of sp³-hybridized carbons (Fsp3) is 0.160. The zero-order chi connectivity index (χ0) is 27.9. The van der Waals surface area contributed by atoms with Crippen molar-refractivity contribution in [3.05, 3.63) is 63.8 Å². The van der Waals surface area contributed by atoms with Gasteiger partial charge in [0, 0.05) is 33.7 Å². The Bertz CT molecular complexity index is 1600. The molecule has 2 aromatic carbocycles. The Morgan fingerprint density at radius 2 is 1.21 bits per heavy atom. The van der Waals surface area contributed by atoms with E-state index < -0.39 is 0 Å². The number of fused-ring (bicyclic) bond motifs is 2. The number of hydrogen-bond donors (Lipinski definition) is 7. The molecule has 0 bridgehead atoms. The number of nitrogens with one attached hydrogen (secondary N) is 3. The summed E-state index contributed by atoms with van der Waals surface area (Å²) in [5.41, 5.74) is 22.2. The lowest BCUT2D eigenvalue weighted by molar-refractivity contribution is 0.0948. The first-order chi connectivity index (χ1) is 18.7. The van der Waals surface area contributed by atoms with Crippen molar-refractivity contribution in [2.75, 3.05) is 31.5 Å². The molecule has 12 nitrogen and oxygen atoms in total. The monoisotopic (exact) mass is 565 g/mol. The average Bonchev–Trinajstić information content (AvgIpc) is 3.52. The molecule has 0 aliphatic rings. The number of guanidine groups is 2. The van der Waals surface area contributed by atoms with Crippen LogP contribution in [0.15, 0.2) is 58.5 Å². The number of aliphatic imine (C=N–C) groups is 2. The molecule has 3 amide bonds. The molecule has 2 aromatic heterocycles. The lowest BCUT2D eigenvalue weighted by Gasteiger charge is -2.03. The summed E-state index contributed by atoms with van der Waals surface area (Å²) in [6, 6.07) is 14.2. The number of carbonyl (C=O) groups excluding carboxylic acids is 3. The third-order valence-corrected chi connectivity index (χ3v) is 7.61. The van der Waals surface area contributed by atoms with E-state index in [0.717, 1.165) is 20.2 Å². The third kappa shape index (κ3) is 7.21. The summed E-state index contributed by atoms with van der Waals surface area (Å²) in [6.07, 6.45) is 0. The summed E-state index contributed by atoms with van der Waals surface area (Å²) >= 11 is 2.68. The Labute approximate surface area is 231 Å². The third-order valence-electron chi connectivity index (χ3n) is 5.38. The van der Waals surface area contributed by atoms with Gasteiger partial charge in [-0.3, -0.25) is 24.4 Å². The molecular formula is C25H27N9O3S2. The molecule has 0 fully saturated rings. The molecule has 11 N–H and O–H groups in total. The van der Waals surface area contributed by atoms with E-state index in [-0.39, 0.29) is 36.2 Å². The molecule has 0 radical (unpaired) electrons. The second-order valence-corrected chi connectivity index (χ2v) is 10.5. The minimum absolute atomic E-state index is 0.0270. The molecule has 0 saturated carbocycles. The first kappa shape index (κ1) is 27.3. The topological polar surface area (TPSA) is 216 Å². The largest absolute Gasteiger partial charge is 0.370 e. The van der Waals surface area contributed by atoms with Gasteiger partial charge >= 0.3 is 0 Å². The molecule has 202 valence electrons. The van der Waals surface area contributed by atoms with Gasteiger partial charge in [-0.1, -0.05) is 0 Å². The highest BCUT2D eigenvalue weighted by molar-refractivity contribution is 7.21. The summed E-state index contributed by atoms with van der Waals surface area (Å²) in [5.74, 6) is -0.813. The lowest BCUT2D eigenvalue weighted by atomic mass is 10.1. The van der Waals surface area contributed by atoms with Gasteiger partial charge in [-0.05, 0) is 59.3 Å². The van der Waals surface area contributed by atoms with Crippen LogP contribution >= 0.6 is 22.7 Å². The fourth-order valence-electron chi connectivity index (χ4n) is 3.62. The zero-order valence-electron chi connectivity index (χ0n) is 20.7. The predicted octanol–water partition coefficient (Wildman–Crippen LogP) is 1.37. The van der Waals surface area contributed by atoms with E-state index in [9.17, 15) is 14.4 Å². The highest BCUT2D eigenvalue weighted by Gasteiger charge is 2.15. The minimum Gasteiger partial charge on any atom is -0.370 e. The molecular weight excluding hydrogens is 538 g/mol. The van der Waals surface area contributed by atoms with Crippen LogP contribution < -0.4 is 38.9 Å². The number of anilines is 1. The first-order valence-corrected chi connectivity index (χ1v) is 13.4. The van der Waals surface area contributed by atoms with Crippen molar-refractivity contribution in [3.63, 3.8) is 0 Å². The highest BCUT2D eigenvalue weighted by atomic mass is 32.1. The van der Waals surface area contributed by atoms with Crippen LogP contribution in [0.5, 0.6) is 0 Å². The number of nitrogens with two attached hydrogens (primary N) is 4. The molecule has 0 saturated heterocycles. The van der Waals surface area contributed by atoms with Crippen molar-refractivity contribution < 1.29 is 14.4 Å². The van der Waals surface area contributed by atoms with E-state index in [1.54, 1.807) is 30.3 Å². The molecule has 14 heteroatoms. The van der Waals surface area contributed by atoms with Crippen LogP contribution in [-0.2, 0) is 0 Å². The van der Waals surface area contributed by atoms with Crippen LogP contribution in [0.2, 0.25) is 0 Å². The van der Waals surface area contributed by atoms with Gasteiger partial charge in [-0.2, -0.15) is 0 Å². The van der Waals surface area contributed by atoms with Crippen molar-refractivity contribution in [1.29, 1.82) is 0 Å². The zero-order valence-corrected chi connectivity index (χ0v) is 22.3. The van der Waals surface area contributed by atoms with Gasteiger partial charge in [0.25, 0.3) is 17.7 Å². The molecule has 4 aromatic rings. The minimum atomic E-state index is -0.272. The van der Waals surface area contributed by atoms with Crippen molar-refractivity contribution in [2.24, 2.45) is 32.9 Å². The van der Waals surface area contributed by atoms with Crippen LogP contribution in [0.25, 0.3) is 20.2 Å². The smallest absolute Gasteiger partial charge is 0.265 e. The van der Waals surface area contributed by atoms with Crippen LogP contribution in [0.3, 0.4) is 0 Å². The molecule has 0 unspecified atom stereocenters. The molecule has 0 aliphatic heterocycles. The number of amides is 3. The van der Waals surface area contributed by atoms with Gasteiger partial charge in [0.2, 0.25) is 0 Å². The summed E-state index contributed by atoms with van der Waals surface area (Å²) < 4.78 is 1.79. The quantitative estimate of drug-likeness (QED) is 0.0850. The summed E-state index contributed by atoms with van der Waals surface area (Å²) in [6.45, 7) is 1.19. The molecule has 39 heavy (non-hydrogen) atoms. The first-order valence-electron chi connectivity index (χ1n) is 11.8. The number of hydrogen-bond acceptors (Lipinski definition) is 7. The number of carbonyl (C=O) groups is 3. The number of benzene rings is 2. The van der Waals surface area contributed by atoms with Crippen LogP contribution in [0.4, 0.5) is 5.69 Å². The van der Waals surface area contributed by atoms with Crippen LogP contribution in [0.1, 0.15) is 29.7 Å². The van der Waals surface area contributed by atoms with Crippen LogP contribution in [0, 0.1) is 0 Å². The van der Waals surface area contributed by atoms with Gasteiger partial charge < -0.3 is 38.9 Å². The Hall–Kier alpha value is -4.69. The average molecular weight is 566 g/mol. The van der Waals surface area contributed by atoms with Gasteiger partial charge in [0.15, 0.2) is 11.9 Å². The molecule has 4 rings (SSSR count). The van der Waals surface area contributed by atoms with E-state index in [0.29, 0.717) is 40.6 Å². The Kier molecular flexibility index (Phi) is 8.58. The number of thiophene rings is 2. The summed E-state index contributed by atoms with van der Waals surface area (Å²) in [5, 5.41) is 10.0. The number of rotatable bonds is 10. The van der Waals surface area contributed by atoms with E-state index >= 15 is 0 Å². The van der Waals surface area contributed by atoms with Crippen molar-refractivity contribution in [3.8, 4) is 0 Å². The maximum Gasteiger partial charge on any atom is 0.265 e. The Morgan fingerprint density at radius 1 is 0.667 bits per heavy atom. The summed E-state index contributed by atoms with van der Waals surface area (Å²) in [4.78, 5) is 46.5. The second-order valence-electron chi connectivity index (χ2n) is 8.31. The number of nitrogens with zero attached hydrogens (tertiary/aromatic N) is 2. The fourth-order valence-corrected chi connectivity index (χ4v) is 5.52. The Morgan fingerprint density at radius 3 is 1.82 bits per heavy atom. The molecule has 0 atom stereocenters. The van der Waals surface area contributed by atoms with Gasteiger partial charge in [-0.15, -0.1) is 22.7 Å². The highest BCUT2D eigenvalue weighted by Crippen LogP contribution is 2.30. The maximum absolute atomic E-state index is 13.0. The standard InChI is InChI=1S/C25H27N9O3S2/c26-24(27)32-7-5-30-21(35)13-1-3-17-14(9-13)11-20(39-17)23(37)34-16-2-4-18-15(10-16)12-19(38-18)22(36)31-6-8-33-25(28)29/h1-4,9-12H,5-8H2,(H,30,35)(H,31,36)(H,34,37)(H4,26,27,32)(H4,28,29,33). The normalized spacial score (nSPS) is 10.7. The van der Waals surface area contributed by atoms with Crippen molar-refractivity contribution in [1.82, 2.24) is 10.6 Å². The molecule has 0 spiro atoms. The van der Waals surface area contributed by atoms with Crippen LogP contribution in [-0.4, -0.2) is 55.8 Å². The van der Waals surface area contributed by atoms with Gasteiger partial charge in [0.05, 0.1) is 22.8 Å². The van der Waals surface area contributed by atoms with E-state index in [1.165, 1.54) is 22.7 Å². The molecule has 0 aliphatic carbocycles. The summed E-state index contributed by atoms with van der Waals surface area (Å²) in [7, 11) is 0.